The van der Waals surface area contributed by atoms with Crippen LogP contribution < -0.4 is 10.5 Å². The molecule has 2 aromatic rings. The van der Waals surface area contributed by atoms with Crippen LogP contribution in [0.1, 0.15) is 29.2 Å². The molecule has 2 N–H and O–H groups in total. The van der Waals surface area contributed by atoms with Crippen LogP contribution in [-0.4, -0.2) is 46.2 Å². The van der Waals surface area contributed by atoms with Crippen molar-refractivity contribution < 1.29 is 14.3 Å². The average Bonchev–Trinajstić information content (AvgIpc) is 3.15. The first-order valence-electron chi connectivity index (χ1n) is 7.93. The number of nitrogens with zero attached hydrogens (tertiary/aromatic N) is 3. The normalized spacial score (nSPS) is 17.5. The Labute approximate surface area is 140 Å². The summed E-state index contributed by atoms with van der Waals surface area (Å²) in [6.07, 6.45) is 5.64. The standard InChI is InChI=1S/C17H20N4O3/c18-17(23)13-4-6-15(7-5-13)24-12-16(22)20-9-1-3-14(11-20)21-10-2-8-19-21/h2,4-8,10,14H,1,3,9,11-12H2,(H2,18,23)/t14-/m0/s1. The van der Waals surface area contributed by atoms with E-state index in [1.165, 1.54) is 0 Å². The van der Waals surface area contributed by atoms with Crippen molar-refractivity contribution in [1.29, 1.82) is 0 Å². The molecule has 0 spiro atoms. The fourth-order valence-electron chi connectivity index (χ4n) is 2.85. The molecule has 0 unspecified atom stereocenters. The van der Waals surface area contributed by atoms with E-state index in [1.54, 1.807) is 30.5 Å². The van der Waals surface area contributed by atoms with E-state index in [2.05, 4.69) is 5.10 Å². The lowest BCUT2D eigenvalue weighted by Gasteiger charge is -2.32. The fourth-order valence-corrected chi connectivity index (χ4v) is 2.85. The minimum absolute atomic E-state index is 0.0260. The van der Waals surface area contributed by atoms with Crippen molar-refractivity contribution in [2.75, 3.05) is 19.7 Å². The summed E-state index contributed by atoms with van der Waals surface area (Å²) in [5.41, 5.74) is 5.60. The molecule has 0 aliphatic carbocycles. The van der Waals surface area contributed by atoms with Crippen LogP contribution in [0.4, 0.5) is 0 Å². The molecule has 3 rings (SSSR count). The molecule has 1 aromatic carbocycles. The highest BCUT2D eigenvalue weighted by molar-refractivity contribution is 5.92. The lowest BCUT2D eigenvalue weighted by atomic mass is 10.1. The Morgan fingerprint density at radius 1 is 1.29 bits per heavy atom. The zero-order valence-electron chi connectivity index (χ0n) is 13.3. The van der Waals surface area contributed by atoms with Gasteiger partial charge in [-0.15, -0.1) is 0 Å². The van der Waals surface area contributed by atoms with E-state index < -0.39 is 5.91 Å². The monoisotopic (exact) mass is 328 g/mol. The molecule has 1 fully saturated rings. The number of rotatable bonds is 5. The van der Waals surface area contributed by atoms with Crippen molar-refractivity contribution in [2.24, 2.45) is 5.73 Å². The first-order valence-corrected chi connectivity index (χ1v) is 7.93. The van der Waals surface area contributed by atoms with Gasteiger partial charge in [-0.05, 0) is 43.2 Å². The second-order valence-electron chi connectivity index (χ2n) is 5.80. The smallest absolute Gasteiger partial charge is 0.260 e. The summed E-state index contributed by atoms with van der Waals surface area (Å²) in [6.45, 7) is 1.35. The second-order valence-corrected chi connectivity index (χ2v) is 5.80. The van der Waals surface area contributed by atoms with Crippen molar-refractivity contribution in [2.45, 2.75) is 18.9 Å². The van der Waals surface area contributed by atoms with Gasteiger partial charge >= 0.3 is 0 Å². The van der Waals surface area contributed by atoms with Gasteiger partial charge in [0.2, 0.25) is 5.91 Å². The molecule has 0 saturated carbocycles. The molecule has 2 amide bonds. The van der Waals surface area contributed by atoms with Crippen molar-refractivity contribution in [3.05, 3.63) is 48.3 Å². The molecule has 2 heterocycles. The van der Waals surface area contributed by atoms with Crippen molar-refractivity contribution in [3.8, 4) is 5.75 Å². The van der Waals surface area contributed by atoms with E-state index in [0.29, 0.717) is 17.9 Å². The molecular formula is C17H20N4O3. The Morgan fingerprint density at radius 2 is 2.08 bits per heavy atom. The van der Waals surface area contributed by atoms with E-state index in [9.17, 15) is 9.59 Å². The molecular weight excluding hydrogens is 308 g/mol. The first kappa shape index (κ1) is 16.0. The lowest BCUT2D eigenvalue weighted by molar-refractivity contribution is -0.135. The molecule has 0 radical (unpaired) electrons. The highest BCUT2D eigenvalue weighted by Crippen LogP contribution is 2.21. The molecule has 1 aromatic heterocycles. The van der Waals surface area contributed by atoms with Crippen LogP contribution in [0.15, 0.2) is 42.7 Å². The van der Waals surface area contributed by atoms with Crippen molar-refractivity contribution in [1.82, 2.24) is 14.7 Å². The van der Waals surface area contributed by atoms with E-state index in [0.717, 1.165) is 19.4 Å². The predicted molar refractivity (Wildman–Crippen MR) is 87.5 cm³/mol. The van der Waals surface area contributed by atoms with Gasteiger partial charge in [-0.25, -0.2) is 0 Å². The largest absolute Gasteiger partial charge is 0.484 e. The number of piperidine rings is 1. The number of ether oxygens (including phenoxy) is 1. The van der Waals surface area contributed by atoms with E-state index in [4.69, 9.17) is 10.5 Å². The third-order valence-electron chi connectivity index (χ3n) is 4.15. The van der Waals surface area contributed by atoms with Crippen LogP contribution in [0.5, 0.6) is 5.75 Å². The maximum atomic E-state index is 12.4. The summed E-state index contributed by atoms with van der Waals surface area (Å²) in [5.74, 6) is -0.00424. The van der Waals surface area contributed by atoms with Crippen LogP contribution in [0.25, 0.3) is 0 Å². The quantitative estimate of drug-likeness (QED) is 0.893. The number of primary amides is 1. The summed E-state index contributed by atoms with van der Waals surface area (Å²) in [6, 6.07) is 8.53. The number of carbonyl (C=O) groups is 2. The summed E-state index contributed by atoms with van der Waals surface area (Å²) in [4.78, 5) is 25.2. The molecule has 1 aliphatic rings. The first-order chi connectivity index (χ1) is 11.6. The third kappa shape index (κ3) is 3.73. The number of carbonyl (C=O) groups excluding carboxylic acids is 2. The van der Waals surface area contributed by atoms with Gasteiger partial charge in [0.15, 0.2) is 6.61 Å². The number of nitrogens with two attached hydrogens (primary N) is 1. The van der Waals surface area contributed by atoms with Gasteiger partial charge in [-0.3, -0.25) is 14.3 Å². The van der Waals surface area contributed by atoms with Crippen molar-refractivity contribution in [3.63, 3.8) is 0 Å². The van der Waals surface area contributed by atoms with Crippen LogP contribution in [0.3, 0.4) is 0 Å². The predicted octanol–water partition coefficient (Wildman–Crippen LogP) is 1.22. The van der Waals surface area contributed by atoms with Gasteiger partial charge in [-0.1, -0.05) is 0 Å². The minimum Gasteiger partial charge on any atom is -0.484 e. The molecule has 1 atom stereocenters. The Bertz CT molecular complexity index is 697. The van der Waals surface area contributed by atoms with Gasteiger partial charge in [0, 0.05) is 31.0 Å². The highest BCUT2D eigenvalue weighted by Gasteiger charge is 2.25. The van der Waals surface area contributed by atoms with E-state index in [1.807, 2.05) is 21.8 Å². The third-order valence-corrected chi connectivity index (χ3v) is 4.15. The van der Waals surface area contributed by atoms with Gasteiger partial charge in [0.25, 0.3) is 5.91 Å². The Morgan fingerprint density at radius 3 is 2.75 bits per heavy atom. The Kier molecular flexibility index (Phi) is 4.79. The molecule has 126 valence electrons. The van der Waals surface area contributed by atoms with Gasteiger partial charge in [-0.2, -0.15) is 5.10 Å². The van der Waals surface area contributed by atoms with Crippen LogP contribution >= 0.6 is 0 Å². The maximum Gasteiger partial charge on any atom is 0.260 e. The number of hydrogen-bond donors (Lipinski definition) is 1. The lowest BCUT2D eigenvalue weighted by Crippen LogP contribution is -2.43. The minimum atomic E-state index is -0.490. The Hall–Kier alpha value is -2.83. The number of amides is 2. The van der Waals surface area contributed by atoms with E-state index in [-0.39, 0.29) is 18.6 Å². The summed E-state index contributed by atoms with van der Waals surface area (Å²) >= 11 is 0. The molecule has 1 aliphatic heterocycles. The second kappa shape index (κ2) is 7.16. The van der Waals surface area contributed by atoms with Crippen LogP contribution in [0, 0.1) is 0 Å². The molecule has 24 heavy (non-hydrogen) atoms. The number of aromatic nitrogens is 2. The number of likely N-dealkylation sites (tertiary alicyclic amines) is 1. The van der Waals surface area contributed by atoms with Gasteiger partial charge < -0.3 is 15.4 Å². The van der Waals surface area contributed by atoms with Crippen LogP contribution in [0.2, 0.25) is 0 Å². The summed E-state index contributed by atoms with van der Waals surface area (Å²) < 4.78 is 7.42. The SMILES string of the molecule is NC(=O)c1ccc(OCC(=O)N2CCC[C@H](n3cccn3)C2)cc1. The molecule has 7 heteroatoms. The zero-order chi connectivity index (χ0) is 16.9. The van der Waals surface area contributed by atoms with Crippen molar-refractivity contribution >= 4 is 11.8 Å². The summed E-state index contributed by atoms with van der Waals surface area (Å²) in [5, 5.41) is 4.26. The highest BCUT2D eigenvalue weighted by atomic mass is 16.5. The number of hydrogen-bond acceptors (Lipinski definition) is 4. The molecule has 7 nitrogen and oxygen atoms in total. The topological polar surface area (TPSA) is 90.5 Å². The fraction of sp³-hybridized carbons (Fsp3) is 0.353. The maximum absolute atomic E-state index is 12.4. The van der Waals surface area contributed by atoms with Gasteiger partial charge in [0.1, 0.15) is 5.75 Å². The average molecular weight is 328 g/mol. The van der Waals surface area contributed by atoms with Crippen LogP contribution in [-0.2, 0) is 4.79 Å². The Balaban J connectivity index is 1.53. The van der Waals surface area contributed by atoms with Gasteiger partial charge in [0.05, 0.1) is 6.04 Å². The zero-order valence-corrected chi connectivity index (χ0v) is 13.3. The molecule has 1 saturated heterocycles. The number of benzene rings is 1. The molecule has 0 bridgehead atoms. The van der Waals surface area contributed by atoms with E-state index >= 15 is 0 Å². The summed E-state index contributed by atoms with van der Waals surface area (Å²) in [7, 11) is 0.